The summed E-state index contributed by atoms with van der Waals surface area (Å²) in [7, 11) is 0. The molecule has 0 bridgehead atoms. The summed E-state index contributed by atoms with van der Waals surface area (Å²) in [5.74, 6) is -1.06. The molecule has 6 heteroatoms. The number of nitriles is 1. The molecule has 0 atom stereocenters. The number of rotatable bonds is 3. The highest BCUT2D eigenvalue weighted by molar-refractivity contribution is 5.36. The van der Waals surface area contributed by atoms with Crippen LogP contribution in [-0.4, -0.2) is 0 Å². The molecule has 0 aliphatic heterocycles. The van der Waals surface area contributed by atoms with Crippen LogP contribution in [0.4, 0.5) is 17.6 Å². The fourth-order valence-corrected chi connectivity index (χ4v) is 1.72. The Morgan fingerprint density at radius 1 is 1.10 bits per heavy atom. The van der Waals surface area contributed by atoms with Crippen molar-refractivity contribution in [3.8, 4) is 11.8 Å². The van der Waals surface area contributed by atoms with Gasteiger partial charge in [0.25, 0.3) is 0 Å². The number of para-hydroxylation sites is 1. The van der Waals surface area contributed by atoms with Crippen LogP contribution in [-0.2, 0) is 12.8 Å². The number of hydrogen-bond donors (Lipinski definition) is 0. The van der Waals surface area contributed by atoms with Gasteiger partial charge in [-0.3, -0.25) is 0 Å². The van der Waals surface area contributed by atoms with Crippen molar-refractivity contribution in [2.24, 2.45) is 0 Å². The van der Waals surface area contributed by atoms with E-state index in [1.165, 1.54) is 30.3 Å². The van der Waals surface area contributed by atoms with Crippen LogP contribution in [0, 0.1) is 17.1 Å². The van der Waals surface area contributed by atoms with Gasteiger partial charge in [-0.2, -0.15) is 18.4 Å². The first-order valence-corrected chi connectivity index (χ1v) is 5.89. The van der Waals surface area contributed by atoms with Crippen molar-refractivity contribution >= 4 is 0 Å². The molecule has 2 aromatic rings. The van der Waals surface area contributed by atoms with E-state index in [1.807, 2.05) is 0 Å². The maximum absolute atomic E-state index is 13.6. The highest BCUT2D eigenvalue weighted by Gasteiger charge is 2.34. The van der Waals surface area contributed by atoms with Crippen LogP contribution >= 0.6 is 0 Å². The lowest BCUT2D eigenvalue weighted by Gasteiger charge is -2.14. The zero-order chi connectivity index (χ0) is 15.5. The molecule has 0 aliphatic rings. The van der Waals surface area contributed by atoms with Gasteiger partial charge in [-0.05, 0) is 24.3 Å². The third-order valence-electron chi connectivity index (χ3n) is 2.76. The third-order valence-corrected chi connectivity index (χ3v) is 2.76. The van der Waals surface area contributed by atoms with E-state index in [1.54, 1.807) is 6.07 Å². The molecule has 0 spiro atoms. The van der Waals surface area contributed by atoms with Gasteiger partial charge in [-0.1, -0.05) is 18.2 Å². The van der Waals surface area contributed by atoms with Crippen LogP contribution in [0.3, 0.4) is 0 Å². The Morgan fingerprint density at radius 2 is 1.81 bits per heavy atom. The van der Waals surface area contributed by atoms with Gasteiger partial charge in [0.2, 0.25) is 0 Å². The second-order valence-electron chi connectivity index (χ2n) is 4.20. The van der Waals surface area contributed by atoms with E-state index in [0.29, 0.717) is 0 Å². The lowest BCUT2D eigenvalue weighted by Crippen LogP contribution is -2.09. The van der Waals surface area contributed by atoms with Crippen molar-refractivity contribution in [2.75, 3.05) is 0 Å². The molecule has 0 radical (unpaired) electrons. The van der Waals surface area contributed by atoms with E-state index in [0.717, 1.165) is 12.1 Å². The minimum atomic E-state index is -4.54. The first-order chi connectivity index (χ1) is 9.91. The molecule has 2 nitrogen and oxygen atoms in total. The Kier molecular flexibility index (Phi) is 4.13. The molecule has 0 saturated carbocycles. The second kappa shape index (κ2) is 5.83. The largest absolute Gasteiger partial charge is 0.488 e. The molecule has 21 heavy (non-hydrogen) atoms. The Balaban J connectivity index is 2.20. The SMILES string of the molecule is N#Cc1ccc(COc2ccccc2C(F)(F)F)c(F)c1. The minimum Gasteiger partial charge on any atom is -0.488 e. The summed E-state index contributed by atoms with van der Waals surface area (Å²) in [5.41, 5.74) is -0.711. The third kappa shape index (κ3) is 3.51. The van der Waals surface area contributed by atoms with Crippen LogP contribution in [0.5, 0.6) is 5.75 Å². The Bertz CT molecular complexity index is 689. The Morgan fingerprint density at radius 3 is 2.43 bits per heavy atom. The zero-order valence-electron chi connectivity index (χ0n) is 10.6. The van der Waals surface area contributed by atoms with Crippen LogP contribution in [0.1, 0.15) is 16.7 Å². The van der Waals surface area contributed by atoms with Gasteiger partial charge in [0.05, 0.1) is 17.2 Å². The van der Waals surface area contributed by atoms with Crippen LogP contribution in [0.15, 0.2) is 42.5 Å². The predicted octanol–water partition coefficient (Wildman–Crippen LogP) is 4.30. The average molecular weight is 295 g/mol. The van der Waals surface area contributed by atoms with Crippen LogP contribution in [0.2, 0.25) is 0 Å². The second-order valence-corrected chi connectivity index (χ2v) is 4.20. The number of hydrogen-bond acceptors (Lipinski definition) is 2. The van der Waals surface area contributed by atoms with E-state index < -0.39 is 17.6 Å². The molecule has 0 unspecified atom stereocenters. The maximum Gasteiger partial charge on any atom is 0.419 e. The van der Waals surface area contributed by atoms with E-state index in [2.05, 4.69) is 0 Å². The number of ether oxygens (including phenoxy) is 1. The molecule has 0 heterocycles. The van der Waals surface area contributed by atoms with Crippen molar-refractivity contribution in [1.82, 2.24) is 0 Å². The van der Waals surface area contributed by atoms with Gasteiger partial charge in [0.1, 0.15) is 18.2 Å². The molecule has 0 fully saturated rings. The van der Waals surface area contributed by atoms with E-state index in [9.17, 15) is 17.6 Å². The zero-order valence-corrected chi connectivity index (χ0v) is 10.6. The standard InChI is InChI=1S/C15H9F4NO/c16-13-7-10(8-20)5-6-11(13)9-21-14-4-2-1-3-12(14)15(17,18)19/h1-7H,9H2. The number of alkyl halides is 3. The summed E-state index contributed by atoms with van der Waals surface area (Å²) in [5, 5.41) is 8.61. The fraction of sp³-hybridized carbons (Fsp3) is 0.133. The van der Waals surface area contributed by atoms with Gasteiger partial charge < -0.3 is 4.74 Å². The van der Waals surface area contributed by atoms with Crippen molar-refractivity contribution in [1.29, 1.82) is 5.26 Å². The first-order valence-electron chi connectivity index (χ1n) is 5.89. The lowest BCUT2D eigenvalue weighted by atomic mass is 10.1. The summed E-state index contributed by atoms with van der Waals surface area (Å²) in [6, 6.07) is 10.2. The van der Waals surface area contributed by atoms with E-state index in [-0.39, 0.29) is 23.5 Å². The molecular weight excluding hydrogens is 286 g/mol. The predicted molar refractivity (Wildman–Crippen MR) is 66.9 cm³/mol. The molecule has 2 aromatic carbocycles. The molecule has 2 rings (SSSR count). The highest BCUT2D eigenvalue weighted by atomic mass is 19.4. The Labute approximate surface area is 118 Å². The topological polar surface area (TPSA) is 33.0 Å². The molecular formula is C15H9F4NO. The smallest absolute Gasteiger partial charge is 0.419 e. The van der Waals surface area contributed by atoms with Crippen LogP contribution < -0.4 is 4.74 Å². The summed E-state index contributed by atoms with van der Waals surface area (Å²) in [4.78, 5) is 0. The summed E-state index contributed by atoms with van der Waals surface area (Å²) < 4.78 is 57.0. The normalized spacial score (nSPS) is 11.0. The van der Waals surface area contributed by atoms with Gasteiger partial charge in [0.15, 0.2) is 0 Å². The molecule has 0 amide bonds. The summed E-state index contributed by atoms with van der Waals surface area (Å²) in [6.45, 7) is -0.357. The van der Waals surface area contributed by atoms with E-state index in [4.69, 9.17) is 10.00 Å². The number of benzene rings is 2. The van der Waals surface area contributed by atoms with Crippen molar-refractivity contribution in [3.05, 3.63) is 65.0 Å². The highest BCUT2D eigenvalue weighted by Crippen LogP contribution is 2.36. The van der Waals surface area contributed by atoms with Crippen LogP contribution in [0.25, 0.3) is 0 Å². The molecule has 0 N–H and O–H groups in total. The Hall–Kier alpha value is -2.55. The first kappa shape index (κ1) is 14.9. The molecule has 108 valence electrons. The summed E-state index contributed by atoms with van der Waals surface area (Å²) >= 11 is 0. The average Bonchev–Trinajstić information content (AvgIpc) is 2.45. The number of halogens is 4. The van der Waals surface area contributed by atoms with Crippen molar-refractivity contribution in [2.45, 2.75) is 12.8 Å². The van der Waals surface area contributed by atoms with Gasteiger partial charge >= 0.3 is 6.18 Å². The van der Waals surface area contributed by atoms with E-state index >= 15 is 0 Å². The quantitative estimate of drug-likeness (QED) is 0.791. The summed E-state index contributed by atoms with van der Waals surface area (Å²) in [6.07, 6.45) is -4.54. The van der Waals surface area contributed by atoms with Crippen molar-refractivity contribution < 1.29 is 22.3 Å². The van der Waals surface area contributed by atoms with Gasteiger partial charge in [-0.25, -0.2) is 4.39 Å². The van der Waals surface area contributed by atoms with Gasteiger partial charge in [-0.15, -0.1) is 0 Å². The maximum atomic E-state index is 13.6. The minimum absolute atomic E-state index is 0.0750. The van der Waals surface area contributed by atoms with Crippen molar-refractivity contribution in [3.63, 3.8) is 0 Å². The fourth-order valence-electron chi connectivity index (χ4n) is 1.72. The molecule has 0 aromatic heterocycles. The monoisotopic (exact) mass is 295 g/mol. The number of nitrogens with zero attached hydrogens (tertiary/aromatic N) is 1. The molecule has 0 saturated heterocycles. The molecule has 0 aliphatic carbocycles. The van der Waals surface area contributed by atoms with Gasteiger partial charge in [0, 0.05) is 5.56 Å². The lowest BCUT2D eigenvalue weighted by molar-refractivity contribution is -0.139.